The molecule has 0 bridgehead atoms. The molecule has 1 amide bonds. The number of hydrogen-bond donors (Lipinski definition) is 0. The van der Waals surface area contributed by atoms with Crippen LogP contribution in [0.25, 0.3) is 27.2 Å². The molecule has 0 spiro atoms. The largest absolute Gasteiger partial charge is 0.462 e. The second-order valence-electron chi connectivity index (χ2n) is 13.4. The zero-order valence-corrected chi connectivity index (χ0v) is 28.0. The lowest BCUT2D eigenvalue weighted by atomic mass is 9.90. The number of hydrogen-bond acceptors (Lipinski definition) is 9. The van der Waals surface area contributed by atoms with E-state index in [1.807, 2.05) is 15.9 Å². The topological polar surface area (TPSA) is 108 Å². The number of fused-ring (bicyclic) bond motifs is 2. The maximum absolute atomic E-state index is 16.7. The van der Waals surface area contributed by atoms with Gasteiger partial charge in [0.1, 0.15) is 41.2 Å². The number of carbonyl (C=O) groups is 1. The van der Waals surface area contributed by atoms with Crippen molar-refractivity contribution in [2.45, 2.75) is 70.3 Å². The number of aromatic nitrogens is 3. The first-order chi connectivity index (χ1) is 22.9. The molecule has 10 nitrogen and oxygen atoms in total. The van der Waals surface area contributed by atoms with E-state index in [2.05, 4.69) is 21.0 Å². The Morgan fingerprint density at radius 3 is 2.67 bits per heavy atom. The van der Waals surface area contributed by atoms with Crippen LogP contribution in [0.2, 0.25) is 0 Å². The maximum atomic E-state index is 16.7. The van der Waals surface area contributed by atoms with Crippen molar-refractivity contribution < 1.29 is 27.4 Å². The third-order valence-electron chi connectivity index (χ3n) is 8.98. The third kappa shape index (κ3) is 6.60. The number of carbonyl (C=O) groups excluding carboxylic acids is 1. The van der Waals surface area contributed by atoms with Gasteiger partial charge >= 0.3 is 12.1 Å². The van der Waals surface area contributed by atoms with Crippen LogP contribution in [-0.4, -0.2) is 94.5 Å². The summed E-state index contributed by atoms with van der Waals surface area (Å²) in [6, 6.07) is 6.11. The molecule has 4 heterocycles. The molecule has 2 aromatic heterocycles. The van der Waals surface area contributed by atoms with Gasteiger partial charge in [0.25, 0.3) is 0 Å². The van der Waals surface area contributed by atoms with Crippen molar-refractivity contribution in [3.63, 3.8) is 0 Å². The molecule has 14 heteroatoms. The Kier molecular flexibility index (Phi) is 9.42. The highest BCUT2D eigenvalue weighted by atomic mass is 35.5. The van der Waals surface area contributed by atoms with Crippen molar-refractivity contribution in [3.8, 4) is 23.3 Å². The highest BCUT2D eigenvalue weighted by molar-refractivity contribution is 6.50. The van der Waals surface area contributed by atoms with Crippen molar-refractivity contribution in [1.29, 1.82) is 5.26 Å². The molecule has 0 N–H and O–H groups in total. The second kappa shape index (κ2) is 13.4. The minimum absolute atomic E-state index is 0.0226. The normalized spacial score (nSPS) is 21.8. The highest BCUT2D eigenvalue weighted by Crippen LogP contribution is 2.42. The minimum atomic E-state index is -1.10. The fourth-order valence-electron chi connectivity index (χ4n) is 6.51. The molecule has 1 aromatic carbocycles. The van der Waals surface area contributed by atoms with Gasteiger partial charge in [0, 0.05) is 49.9 Å². The Hall–Kier alpha value is -4.15. The van der Waals surface area contributed by atoms with Gasteiger partial charge in [0.05, 0.1) is 35.0 Å². The summed E-state index contributed by atoms with van der Waals surface area (Å²) in [6.07, 6.45) is 0.781. The smallest absolute Gasteiger partial charge is 0.410 e. The van der Waals surface area contributed by atoms with Crippen LogP contribution in [0.15, 0.2) is 30.2 Å². The van der Waals surface area contributed by atoms with E-state index in [9.17, 15) is 18.8 Å². The standard InChI is InChI=1S/C34H37ClF3N7O3/c1-34(2,3)48-33(46)45-15-14-44(17-20(45)10-12-39)31-22-16-40-29(21-7-5-6-19-8-9-24(37)27(35)26(19)21)28(38)30(22)41-32(42-31)47-18-25-23(36)11-13-43(25)4/h5-7,16,20,23,25H,8-11,13-15,17-18H2,1-4H3/t20-,23-,25-/m0/s1. The molecule has 6 rings (SSSR count). The van der Waals surface area contributed by atoms with Crippen molar-refractivity contribution in [3.05, 3.63) is 47.2 Å². The number of amides is 1. The van der Waals surface area contributed by atoms with Crippen LogP contribution in [0.4, 0.5) is 23.8 Å². The summed E-state index contributed by atoms with van der Waals surface area (Å²) >= 11 is 6.42. The van der Waals surface area contributed by atoms with Crippen LogP contribution in [0.1, 0.15) is 51.2 Å². The number of likely N-dealkylation sites (N-methyl/N-ethyl adjacent to an activating group) is 1. The number of alkyl halides is 1. The lowest BCUT2D eigenvalue weighted by Gasteiger charge is -2.41. The van der Waals surface area contributed by atoms with Gasteiger partial charge in [-0.2, -0.15) is 15.2 Å². The van der Waals surface area contributed by atoms with Crippen LogP contribution in [0.5, 0.6) is 6.01 Å². The van der Waals surface area contributed by atoms with Gasteiger partial charge in [-0.15, -0.1) is 0 Å². The highest BCUT2D eigenvalue weighted by Gasteiger charge is 2.36. The maximum Gasteiger partial charge on any atom is 0.410 e. The minimum Gasteiger partial charge on any atom is -0.462 e. The van der Waals surface area contributed by atoms with Gasteiger partial charge in [-0.05, 0) is 46.2 Å². The zero-order valence-electron chi connectivity index (χ0n) is 27.3. The molecule has 0 radical (unpaired) electrons. The number of aryl methyl sites for hydroxylation is 1. The number of allylic oxidation sites excluding steroid dienone is 1. The van der Waals surface area contributed by atoms with Gasteiger partial charge in [-0.25, -0.2) is 18.0 Å². The van der Waals surface area contributed by atoms with E-state index >= 15 is 4.39 Å². The van der Waals surface area contributed by atoms with Crippen molar-refractivity contribution in [1.82, 2.24) is 24.8 Å². The van der Waals surface area contributed by atoms with E-state index in [0.29, 0.717) is 30.5 Å². The predicted molar refractivity (Wildman–Crippen MR) is 176 cm³/mol. The number of nitrogens with zero attached hydrogens (tertiary/aromatic N) is 7. The first-order valence-corrected chi connectivity index (χ1v) is 16.4. The van der Waals surface area contributed by atoms with Crippen molar-refractivity contribution in [2.24, 2.45) is 0 Å². The molecule has 254 valence electrons. The summed E-state index contributed by atoms with van der Waals surface area (Å²) in [7, 11) is 1.81. The van der Waals surface area contributed by atoms with Crippen LogP contribution >= 0.6 is 11.6 Å². The van der Waals surface area contributed by atoms with Crippen LogP contribution < -0.4 is 9.64 Å². The van der Waals surface area contributed by atoms with E-state index in [-0.39, 0.29) is 72.5 Å². The molecule has 3 aliphatic rings. The van der Waals surface area contributed by atoms with E-state index in [0.717, 1.165) is 5.56 Å². The molecule has 2 aliphatic heterocycles. The fraction of sp³-hybridized carbons (Fsp3) is 0.500. The zero-order chi connectivity index (χ0) is 34.3. The Bertz CT molecular complexity index is 1800. The summed E-state index contributed by atoms with van der Waals surface area (Å²) in [5, 5.41) is 9.80. The average molecular weight is 684 g/mol. The molecule has 3 aromatic rings. The lowest BCUT2D eigenvalue weighted by molar-refractivity contribution is 0.0145. The number of halogens is 4. The first kappa shape index (κ1) is 33.7. The summed E-state index contributed by atoms with van der Waals surface area (Å²) in [6.45, 7) is 6.49. The number of nitriles is 1. The number of likely N-dealkylation sites (tertiary alicyclic amines) is 1. The Morgan fingerprint density at radius 2 is 1.96 bits per heavy atom. The van der Waals surface area contributed by atoms with Gasteiger partial charge < -0.3 is 19.3 Å². The van der Waals surface area contributed by atoms with Gasteiger partial charge in [0.15, 0.2) is 5.82 Å². The number of anilines is 1. The Morgan fingerprint density at radius 1 is 1.17 bits per heavy atom. The SMILES string of the molecule is CN1CC[C@H](F)[C@@H]1COc1nc(N2CCN(C(=O)OC(C)(C)C)[C@@H](CC#N)C2)c2cnc(-c3cccc4c3C(Cl)=C(F)CC4)c(F)c2n1. The number of rotatable bonds is 6. The molecular formula is C34H37ClF3N7O3. The number of piperazine rings is 1. The second-order valence-corrected chi connectivity index (χ2v) is 13.7. The summed E-state index contributed by atoms with van der Waals surface area (Å²) in [5.74, 6) is -0.971. The molecule has 0 unspecified atom stereocenters. The number of benzene rings is 1. The monoisotopic (exact) mass is 683 g/mol. The summed E-state index contributed by atoms with van der Waals surface area (Å²) in [4.78, 5) is 31.8. The molecule has 2 fully saturated rings. The van der Waals surface area contributed by atoms with Crippen LogP contribution in [0, 0.1) is 17.1 Å². The Balaban J connectivity index is 1.42. The molecule has 1 aliphatic carbocycles. The average Bonchev–Trinajstić information content (AvgIpc) is 3.37. The van der Waals surface area contributed by atoms with Crippen LogP contribution in [0.3, 0.4) is 0 Å². The predicted octanol–water partition coefficient (Wildman–Crippen LogP) is 6.41. The Labute approximate surface area is 282 Å². The van der Waals surface area contributed by atoms with E-state index in [1.54, 1.807) is 40.0 Å². The summed E-state index contributed by atoms with van der Waals surface area (Å²) in [5.41, 5.74) is 0.589. The molecule has 48 heavy (non-hydrogen) atoms. The van der Waals surface area contributed by atoms with E-state index < -0.39 is 41.6 Å². The van der Waals surface area contributed by atoms with E-state index in [1.165, 1.54) is 11.1 Å². The fourth-order valence-corrected chi connectivity index (χ4v) is 6.83. The third-order valence-corrected chi connectivity index (χ3v) is 9.38. The summed E-state index contributed by atoms with van der Waals surface area (Å²) < 4.78 is 57.5. The van der Waals surface area contributed by atoms with Crippen molar-refractivity contribution >= 4 is 39.4 Å². The number of ether oxygens (including phenoxy) is 2. The first-order valence-electron chi connectivity index (χ1n) is 16.0. The van der Waals surface area contributed by atoms with Crippen molar-refractivity contribution in [2.75, 3.05) is 44.7 Å². The van der Waals surface area contributed by atoms with Gasteiger partial charge in [0.2, 0.25) is 0 Å². The lowest BCUT2D eigenvalue weighted by Crippen LogP contribution is -2.56. The molecule has 3 atom stereocenters. The molecule has 2 saturated heterocycles. The van der Waals surface area contributed by atoms with E-state index in [4.69, 9.17) is 21.1 Å². The number of pyridine rings is 1. The quantitative estimate of drug-likeness (QED) is 0.291. The molecule has 0 saturated carbocycles. The van der Waals surface area contributed by atoms with Gasteiger partial charge in [-0.1, -0.05) is 29.8 Å². The molecular weight excluding hydrogens is 647 g/mol. The van der Waals surface area contributed by atoms with Crippen LogP contribution in [-0.2, 0) is 11.2 Å². The van der Waals surface area contributed by atoms with Gasteiger partial charge in [-0.3, -0.25) is 9.88 Å².